The molecule has 0 unspecified atom stereocenters. The van der Waals surface area contributed by atoms with Crippen molar-refractivity contribution >= 4 is 62.4 Å². The van der Waals surface area contributed by atoms with Crippen molar-refractivity contribution in [2.24, 2.45) is 12.5 Å². The van der Waals surface area contributed by atoms with Crippen molar-refractivity contribution in [3.05, 3.63) is 28.0 Å². The van der Waals surface area contributed by atoms with Crippen LogP contribution < -0.4 is 9.62 Å². The van der Waals surface area contributed by atoms with E-state index in [0.29, 0.717) is 75.6 Å². The van der Waals surface area contributed by atoms with Gasteiger partial charge in [-0.05, 0) is 45.7 Å². The highest BCUT2D eigenvalue weighted by atomic mass is 35.5. The second kappa shape index (κ2) is 10.0. The molecule has 3 aromatic heterocycles. The Morgan fingerprint density at radius 3 is 2.67 bits per heavy atom. The SMILES string of the molecule is Cn1nc2ccc(-c3n[nH]c4nc(N5CCC6(CC5)COC[C@H]6N[S@+]([O-])C(C)(C)C)nc(C#N)c34)c(Cl)c2c1Cl. The number of nitrogens with zero attached hydrogens (tertiary/aromatic N) is 7. The summed E-state index contributed by atoms with van der Waals surface area (Å²) < 4.78 is 23.2. The predicted octanol–water partition coefficient (Wildman–Crippen LogP) is 4.12. The van der Waals surface area contributed by atoms with Crippen LogP contribution in [0.25, 0.3) is 33.2 Å². The predicted molar refractivity (Wildman–Crippen MR) is 156 cm³/mol. The Labute approximate surface area is 244 Å². The number of anilines is 1. The van der Waals surface area contributed by atoms with Crippen LogP contribution in [0.15, 0.2) is 12.1 Å². The quantitative estimate of drug-likeness (QED) is 0.330. The summed E-state index contributed by atoms with van der Waals surface area (Å²) in [6, 6.07) is 5.86. The average Bonchev–Trinajstić information content (AvgIpc) is 3.60. The lowest BCUT2D eigenvalue weighted by molar-refractivity contribution is 0.130. The van der Waals surface area contributed by atoms with Gasteiger partial charge in [0.1, 0.15) is 21.7 Å². The summed E-state index contributed by atoms with van der Waals surface area (Å²) in [7, 11) is 1.75. The summed E-state index contributed by atoms with van der Waals surface area (Å²) >= 11 is 12.0. The fourth-order valence-electron chi connectivity index (χ4n) is 5.50. The normalized spacial score (nSPS) is 20.1. The molecule has 14 heteroatoms. The molecular formula is C26H29Cl2N9O2S. The first-order valence-corrected chi connectivity index (χ1v) is 14.9. The zero-order valence-corrected chi connectivity index (χ0v) is 24.9. The molecule has 0 amide bonds. The van der Waals surface area contributed by atoms with Crippen LogP contribution >= 0.6 is 23.2 Å². The smallest absolute Gasteiger partial charge is 0.228 e. The van der Waals surface area contributed by atoms with Crippen LogP contribution in [0.4, 0.5) is 5.95 Å². The highest BCUT2D eigenvalue weighted by Gasteiger charge is 2.49. The first kappa shape index (κ1) is 27.5. The molecule has 5 heterocycles. The van der Waals surface area contributed by atoms with E-state index >= 15 is 0 Å². The summed E-state index contributed by atoms with van der Waals surface area (Å²) in [6.07, 6.45) is 1.65. The van der Waals surface area contributed by atoms with Crippen molar-refractivity contribution in [1.82, 2.24) is 34.7 Å². The van der Waals surface area contributed by atoms with Crippen molar-refractivity contribution < 1.29 is 9.29 Å². The Hall–Kier alpha value is -2.66. The molecule has 0 radical (unpaired) electrons. The Morgan fingerprint density at radius 1 is 1.23 bits per heavy atom. The Kier molecular flexibility index (Phi) is 6.88. The van der Waals surface area contributed by atoms with Crippen LogP contribution in [0.2, 0.25) is 10.2 Å². The van der Waals surface area contributed by atoms with Crippen molar-refractivity contribution in [3.63, 3.8) is 0 Å². The molecule has 2 N–H and O–H groups in total. The molecule has 1 aromatic carbocycles. The number of halogens is 2. The monoisotopic (exact) mass is 601 g/mol. The van der Waals surface area contributed by atoms with Gasteiger partial charge in [-0.25, -0.2) is 4.98 Å². The maximum atomic E-state index is 12.8. The molecule has 2 atom stereocenters. The molecule has 210 valence electrons. The van der Waals surface area contributed by atoms with Crippen molar-refractivity contribution in [2.75, 3.05) is 31.2 Å². The lowest BCUT2D eigenvalue weighted by atomic mass is 9.75. The van der Waals surface area contributed by atoms with Crippen LogP contribution in [0.1, 0.15) is 39.3 Å². The molecule has 2 saturated heterocycles. The molecule has 0 bridgehead atoms. The number of aromatic amines is 1. The molecule has 4 aromatic rings. The summed E-state index contributed by atoms with van der Waals surface area (Å²) in [4.78, 5) is 11.5. The topological polar surface area (TPSA) is 144 Å². The van der Waals surface area contributed by atoms with Gasteiger partial charge in [0.15, 0.2) is 11.3 Å². The number of nitrogens with one attached hydrogen (secondary N) is 2. The minimum atomic E-state index is -1.18. The number of hydrogen-bond donors (Lipinski definition) is 2. The standard InChI is InChI=1S/C26H29Cl2N9O2S/c1-25(2,3)40(38)35-17-12-39-13-26(17)7-9-37(10-8-26)24-30-16(11-29)19-21(32-33-23(19)31-24)14-5-6-15-18(20(14)27)22(28)36(4)34-15/h5-6,17,35H,7-10,12-13H2,1-4H3,(H,30,31,32,33)/t17-,40-/m1/s1. The second-order valence-corrected chi connectivity index (χ2v) is 14.2. The summed E-state index contributed by atoms with van der Waals surface area (Å²) in [6.45, 7) is 8.41. The number of nitriles is 1. The maximum absolute atomic E-state index is 12.8. The van der Waals surface area contributed by atoms with Crippen molar-refractivity contribution in [2.45, 2.75) is 44.4 Å². The molecule has 40 heavy (non-hydrogen) atoms. The van der Waals surface area contributed by atoms with E-state index in [-0.39, 0.29) is 21.9 Å². The Morgan fingerprint density at radius 2 is 1.98 bits per heavy atom. The highest BCUT2D eigenvalue weighted by molar-refractivity contribution is 7.90. The number of rotatable bonds is 4. The van der Waals surface area contributed by atoms with E-state index in [9.17, 15) is 9.81 Å². The molecule has 2 aliphatic heterocycles. The first-order valence-electron chi connectivity index (χ1n) is 13.0. The molecule has 0 saturated carbocycles. The molecule has 6 rings (SSSR count). The van der Waals surface area contributed by atoms with Gasteiger partial charge in [-0.3, -0.25) is 9.78 Å². The van der Waals surface area contributed by atoms with Gasteiger partial charge in [0.05, 0.1) is 40.6 Å². The molecule has 1 spiro atoms. The van der Waals surface area contributed by atoms with E-state index in [1.165, 1.54) is 0 Å². The zero-order chi connectivity index (χ0) is 28.4. The van der Waals surface area contributed by atoms with E-state index in [0.717, 1.165) is 12.8 Å². The third-order valence-electron chi connectivity index (χ3n) is 7.90. The lowest BCUT2D eigenvalue weighted by Gasteiger charge is -2.42. The van der Waals surface area contributed by atoms with E-state index in [1.54, 1.807) is 11.7 Å². The van der Waals surface area contributed by atoms with Gasteiger partial charge in [-0.15, -0.1) is 4.72 Å². The first-order chi connectivity index (χ1) is 19.0. The minimum absolute atomic E-state index is 0.0124. The summed E-state index contributed by atoms with van der Waals surface area (Å²) in [5, 5.41) is 23.8. The van der Waals surface area contributed by atoms with Crippen molar-refractivity contribution in [3.8, 4) is 17.3 Å². The molecular weight excluding hydrogens is 573 g/mol. The van der Waals surface area contributed by atoms with Gasteiger partial charge in [0.2, 0.25) is 5.95 Å². The van der Waals surface area contributed by atoms with Gasteiger partial charge in [0.25, 0.3) is 0 Å². The molecule has 0 aliphatic carbocycles. The fraction of sp³-hybridized carbons (Fsp3) is 0.500. The van der Waals surface area contributed by atoms with E-state index in [2.05, 4.69) is 36.0 Å². The number of ether oxygens (including phenoxy) is 1. The highest BCUT2D eigenvalue weighted by Crippen LogP contribution is 2.42. The van der Waals surface area contributed by atoms with Crippen LogP contribution in [0.5, 0.6) is 0 Å². The molecule has 11 nitrogen and oxygen atoms in total. The van der Waals surface area contributed by atoms with E-state index < -0.39 is 11.4 Å². The third kappa shape index (κ3) is 4.49. The van der Waals surface area contributed by atoms with E-state index in [4.69, 9.17) is 32.9 Å². The Balaban J connectivity index is 1.28. The number of benzene rings is 1. The number of fused-ring (bicyclic) bond motifs is 2. The molecule has 2 fully saturated rings. The van der Waals surface area contributed by atoms with Crippen LogP contribution in [0, 0.1) is 16.7 Å². The third-order valence-corrected chi connectivity index (χ3v) is 10.3. The minimum Gasteiger partial charge on any atom is -0.598 e. The van der Waals surface area contributed by atoms with Gasteiger partial charge >= 0.3 is 0 Å². The molecule has 2 aliphatic rings. The zero-order valence-electron chi connectivity index (χ0n) is 22.6. The van der Waals surface area contributed by atoms with Gasteiger partial charge < -0.3 is 14.2 Å². The summed E-state index contributed by atoms with van der Waals surface area (Å²) in [5.41, 5.74) is 2.31. The number of H-pyrrole nitrogens is 1. The number of aryl methyl sites for hydroxylation is 1. The average molecular weight is 603 g/mol. The lowest BCUT2D eigenvalue weighted by Crippen LogP contribution is -2.55. The second-order valence-electron chi connectivity index (χ2n) is 11.4. The van der Waals surface area contributed by atoms with Crippen LogP contribution in [-0.4, -0.2) is 71.6 Å². The largest absolute Gasteiger partial charge is 0.598 e. The number of piperidine rings is 1. The van der Waals surface area contributed by atoms with Gasteiger partial charge in [-0.2, -0.15) is 20.4 Å². The fourth-order valence-corrected chi connectivity index (χ4v) is 7.05. The number of hydrogen-bond acceptors (Lipinski definition) is 9. The Bertz CT molecular complexity index is 1650. The van der Waals surface area contributed by atoms with Gasteiger partial charge in [-0.1, -0.05) is 23.2 Å². The van der Waals surface area contributed by atoms with Crippen LogP contribution in [0.3, 0.4) is 0 Å². The van der Waals surface area contributed by atoms with Crippen LogP contribution in [-0.2, 0) is 23.1 Å². The van der Waals surface area contributed by atoms with Gasteiger partial charge in [0, 0.05) is 42.5 Å². The maximum Gasteiger partial charge on any atom is 0.228 e. The van der Waals surface area contributed by atoms with E-state index in [1.807, 2.05) is 32.9 Å². The summed E-state index contributed by atoms with van der Waals surface area (Å²) in [5.74, 6) is 0.465. The number of aromatic nitrogens is 6. The van der Waals surface area contributed by atoms with Crippen molar-refractivity contribution in [1.29, 1.82) is 5.26 Å².